The van der Waals surface area contributed by atoms with Crippen LogP contribution in [0.15, 0.2) is 50.5 Å². The van der Waals surface area contributed by atoms with Crippen molar-refractivity contribution >= 4 is 27.3 Å². The largest absolute Gasteiger partial charge is 0.493 e. The fraction of sp³-hybridized carbons (Fsp3) is 0.552. The van der Waals surface area contributed by atoms with Crippen molar-refractivity contribution < 1.29 is 41.4 Å². The quantitative estimate of drug-likeness (QED) is 0.280. The summed E-state index contributed by atoms with van der Waals surface area (Å²) in [7, 11) is -2.71. The number of hydrogen-bond donors (Lipinski definition) is 2. The van der Waals surface area contributed by atoms with Crippen molar-refractivity contribution in [2.24, 2.45) is 5.92 Å². The normalized spacial score (nSPS) is 18.4. The molecule has 11 nitrogen and oxygen atoms in total. The highest BCUT2D eigenvalue weighted by molar-refractivity contribution is 7.89. The van der Waals surface area contributed by atoms with Crippen LogP contribution in [0, 0.1) is 5.92 Å². The lowest BCUT2D eigenvalue weighted by molar-refractivity contribution is 0.0735. The van der Waals surface area contributed by atoms with Crippen molar-refractivity contribution in [1.82, 2.24) is 9.62 Å². The monoisotopic (exact) mass is 590 g/mol. The van der Waals surface area contributed by atoms with Gasteiger partial charge in [0.1, 0.15) is 17.8 Å². The molecule has 2 fully saturated rings. The molecule has 0 saturated heterocycles. The average Bonchev–Trinajstić information content (AvgIpc) is 3.72. The lowest BCUT2D eigenvalue weighted by Gasteiger charge is -2.36. The predicted molar refractivity (Wildman–Crippen MR) is 149 cm³/mol. The molecule has 1 unspecified atom stereocenters. The number of methoxy groups -OCH3 is 1. The fourth-order valence-electron chi connectivity index (χ4n) is 5.72. The van der Waals surface area contributed by atoms with Crippen LogP contribution >= 0.6 is 0 Å². The van der Waals surface area contributed by atoms with Crippen molar-refractivity contribution in [2.45, 2.75) is 88.0 Å². The van der Waals surface area contributed by atoms with Gasteiger partial charge in [-0.05, 0) is 69.6 Å². The first kappa shape index (κ1) is 29.3. The highest BCUT2D eigenvalue weighted by Gasteiger charge is 2.38. The van der Waals surface area contributed by atoms with Gasteiger partial charge in [-0.3, -0.25) is 0 Å². The molecule has 0 spiro atoms. The molecule has 41 heavy (non-hydrogen) atoms. The van der Waals surface area contributed by atoms with Crippen molar-refractivity contribution in [3.8, 4) is 17.2 Å². The molecule has 224 valence electrons. The number of carbonyl (C=O) groups is 1. The number of sulfonamides is 1. The molecular weight excluding hydrogens is 552 g/mol. The van der Waals surface area contributed by atoms with Crippen LogP contribution in [-0.2, 0) is 10.0 Å². The second kappa shape index (κ2) is 12.7. The number of nitrogens with zero attached hydrogens (tertiary/aromatic N) is 1. The van der Waals surface area contributed by atoms with Gasteiger partial charge in [0.25, 0.3) is 0 Å². The van der Waals surface area contributed by atoms with Crippen LogP contribution in [0.2, 0.25) is 0 Å². The Bertz CT molecular complexity index is 1420. The first-order valence-electron chi connectivity index (χ1n) is 14.2. The Morgan fingerprint density at radius 2 is 1.78 bits per heavy atom. The number of carbonyl (C=O) groups excluding carboxylic acids is 1. The van der Waals surface area contributed by atoms with E-state index in [-0.39, 0.29) is 35.0 Å². The van der Waals surface area contributed by atoms with E-state index in [0.717, 1.165) is 57.8 Å². The van der Waals surface area contributed by atoms with Gasteiger partial charge >= 0.3 is 11.9 Å². The molecule has 1 amide bonds. The first-order chi connectivity index (χ1) is 19.8. The zero-order chi connectivity index (χ0) is 29.0. The summed E-state index contributed by atoms with van der Waals surface area (Å²) in [5, 5.41) is 13.8. The molecule has 2 aromatic heterocycles. The van der Waals surface area contributed by atoms with Crippen LogP contribution in [0.25, 0.3) is 11.2 Å². The van der Waals surface area contributed by atoms with E-state index in [0.29, 0.717) is 16.9 Å². The van der Waals surface area contributed by atoms with E-state index >= 15 is 0 Å². The minimum atomic E-state index is -4.23. The molecule has 0 radical (unpaired) electrons. The Balaban J connectivity index is 1.44. The summed E-state index contributed by atoms with van der Waals surface area (Å²) < 4.78 is 57.2. The van der Waals surface area contributed by atoms with Gasteiger partial charge in [-0.2, -0.15) is 4.31 Å². The van der Waals surface area contributed by atoms with Gasteiger partial charge in [-0.25, -0.2) is 13.2 Å². The average molecular weight is 591 g/mol. The number of aliphatic hydroxyl groups is 1. The van der Waals surface area contributed by atoms with E-state index in [9.17, 15) is 18.3 Å². The van der Waals surface area contributed by atoms with Crippen LogP contribution in [0.3, 0.4) is 0 Å². The molecule has 0 aliphatic heterocycles. The molecule has 2 atom stereocenters. The van der Waals surface area contributed by atoms with Gasteiger partial charge in [0.15, 0.2) is 17.2 Å². The minimum Gasteiger partial charge on any atom is -0.493 e. The summed E-state index contributed by atoms with van der Waals surface area (Å²) in [5.41, 5.74) is 0. The van der Waals surface area contributed by atoms with Crippen molar-refractivity contribution in [1.29, 1.82) is 0 Å². The van der Waals surface area contributed by atoms with Gasteiger partial charge in [0.2, 0.25) is 10.0 Å². The topological polar surface area (TPSA) is 141 Å². The van der Waals surface area contributed by atoms with E-state index < -0.39 is 28.4 Å². The van der Waals surface area contributed by atoms with E-state index in [1.54, 1.807) is 12.1 Å². The standard InChI is InChI=1S/C29H38N2O9S/c1-19(32)27(30-29(33)40-26-18-38-28-23(26)14-15-37-28)31(17-20-8-4-3-5-9-20)41(34,35)22-12-13-24(36-2)25(16-22)39-21-10-6-7-11-21/h12-16,18-21,27,32H,3-11,17H2,1-2H3,(H,30,33)/t19-,27?/m1/s1. The Morgan fingerprint density at radius 3 is 2.49 bits per heavy atom. The van der Waals surface area contributed by atoms with Crippen LogP contribution in [-0.4, -0.2) is 56.0 Å². The number of hydrogen-bond acceptors (Lipinski definition) is 9. The maximum Gasteiger partial charge on any atom is 0.414 e. The summed E-state index contributed by atoms with van der Waals surface area (Å²) >= 11 is 0. The van der Waals surface area contributed by atoms with E-state index in [1.165, 1.54) is 43.0 Å². The molecule has 1 aromatic carbocycles. The lowest BCUT2D eigenvalue weighted by Crippen LogP contribution is -2.57. The fourth-order valence-corrected chi connectivity index (χ4v) is 7.42. The highest BCUT2D eigenvalue weighted by Crippen LogP contribution is 2.36. The van der Waals surface area contributed by atoms with E-state index in [4.69, 9.17) is 23.0 Å². The lowest BCUT2D eigenvalue weighted by atomic mass is 9.89. The Labute approximate surface area is 239 Å². The van der Waals surface area contributed by atoms with Gasteiger partial charge in [0, 0.05) is 12.6 Å². The summed E-state index contributed by atoms with van der Waals surface area (Å²) in [5.74, 6) is 1.17. The van der Waals surface area contributed by atoms with Crippen LogP contribution in [0.4, 0.5) is 4.79 Å². The zero-order valence-electron chi connectivity index (χ0n) is 23.4. The number of benzene rings is 1. The SMILES string of the molecule is COc1ccc(S(=O)(=O)N(CC2CCCCC2)C(NC(=O)Oc2coc3occc23)[C@@H](C)O)cc1OC1CCCC1. The third kappa shape index (κ3) is 6.65. The third-order valence-corrected chi connectivity index (χ3v) is 9.75. The molecule has 3 aromatic rings. The number of ether oxygens (including phenoxy) is 3. The van der Waals surface area contributed by atoms with E-state index in [2.05, 4.69) is 5.32 Å². The van der Waals surface area contributed by atoms with Crippen LogP contribution in [0.1, 0.15) is 64.7 Å². The number of fused-ring (bicyclic) bond motifs is 1. The molecule has 2 heterocycles. The number of furan rings is 2. The molecule has 0 bridgehead atoms. The molecule has 2 saturated carbocycles. The molecular formula is C29H38N2O9S. The number of nitrogens with one attached hydrogen (secondary N) is 1. The van der Waals surface area contributed by atoms with Crippen molar-refractivity contribution in [2.75, 3.05) is 13.7 Å². The third-order valence-electron chi connectivity index (χ3n) is 7.90. The first-order valence-corrected chi connectivity index (χ1v) is 15.7. The molecule has 2 N–H and O–H groups in total. The molecule has 2 aliphatic rings. The van der Waals surface area contributed by atoms with Gasteiger partial charge in [-0.15, -0.1) is 0 Å². The number of aliphatic hydroxyl groups excluding tert-OH is 1. The second-order valence-corrected chi connectivity index (χ2v) is 12.7. The van der Waals surface area contributed by atoms with Crippen LogP contribution < -0.4 is 19.5 Å². The molecule has 12 heteroatoms. The van der Waals surface area contributed by atoms with E-state index in [1.807, 2.05) is 0 Å². The number of rotatable bonds is 11. The molecule has 5 rings (SSSR count). The molecule has 2 aliphatic carbocycles. The zero-order valence-corrected chi connectivity index (χ0v) is 24.2. The van der Waals surface area contributed by atoms with Crippen LogP contribution in [0.5, 0.6) is 17.2 Å². The Hall–Kier alpha value is -3.22. The van der Waals surface area contributed by atoms with Gasteiger partial charge in [-0.1, -0.05) is 19.3 Å². The number of amides is 1. The highest BCUT2D eigenvalue weighted by atomic mass is 32.2. The Morgan fingerprint density at radius 1 is 1.05 bits per heavy atom. The maximum atomic E-state index is 14.3. The minimum absolute atomic E-state index is 0.00791. The Kier molecular flexibility index (Phi) is 9.10. The summed E-state index contributed by atoms with van der Waals surface area (Å²) in [6.07, 6.45) is 7.83. The summed E-state index contributed by atoms with van der Waals surface area (Å²) in [6.45, 7) is 1.56. The van der Waals surface area contributed by atoms with Crippen molar-refractivity contribution in [3.63, 3.8) is 0 Å². The predicted octanol–water partition coefficient (Wildman–Crippen LogP) is 5.42. The van der Waals surface area contributed by atoms with Crippen molar-refractivity contribution in [3.05, 3.63) is 36.8 Å². The van der Waals surface area contributed by atoms with Gasteiger partial charge < -0.3 is 33.5 Å². The summed E-state index contributed by atoms with van der Waals surface area (Å²) in [6, 6.07) is 6.09. The van der Waals surface area contributed by atoms with Gasteiger partial charge in [0.05, 0.1) is 30.5 Å². The summed E-state index contributed by atoms with van der Waals surface area (Å²) in [4.78, 5) is 13.0. The second-order valence-electron chi connectivity index (χ2n) is 10.9. The smallest absolute Gasteiger partial charge is 0.414 e. The maximum absolute atomic E-state index is 14.3.